The number of hydrogen-bond donors (Lipinski definition) is 1. The molecule has 8 nitrogen and oxygen atoms in total. The number of hydroxylamine groups is 2. The summed E-state index contributed by atoms with van der Waals surface area (Å²) in [4.78, 5) is 41.2. The van der Waals surface area contributed by atoms with Crippen molar-refractivity contribution < 1.29 is 27.6 Å². The number of benzene rings is 2. The molecule has 0 bridgehead atoms. The highest BCUT2D eigenvalue weighted by Gasteiger charge is 2.38. The van der Waals surface area contributed by atoms with Crippen LogP contribution < -0.4 is 4.72 Å². The number of carbonyl (C=O) groups is 3. The number of carbonyl (C=O) groups excluding carboxylic acids is 3. The van der Waals surface area contributed by atoms with Crippen LogP contribution in [0.1, 0.15) is 38.3 Å². The van der Waals surface area contributed by atoms with Crippen LogP contribution in [0.2, 0.25) is 0 Å². The molecule has 3 rings (SSSR count). The standard InChI is InChI=1S/C19H18N2O6S/c1-12-7-8-14(11-13(12)2)28(25,26)20-10-9-17(22)27-21-18(23)15-5-3-4-6-16(15)19(21)24/h3-8,11,20H,9-10H2,1-2H3. The quantitative estimate of drug-likeness (QED) is 0.737. The normalized spacial score (nSPS) is 13.6. The van der Waals surface area contributed by atoms with E-state index >= 15 is 0 Å². The number of fused-ring (bicyclic) bond motifs is 1. The van der Waals surface area contributed by atoms with Crippen LogP contribution in [0.15, 0.2) is 47.4 Å². The van der Waals surface area contributed by atoms with Crippen molar-refractivity contribution in [3.63, 3.8) is 0 Å². The summed E-state index contributed by atoms with van der Waals surface area (Å²) >= 11 is 0. The third kappa shape index (κ3) is 3.80. The van der Waals surface area contributed by atoms with Crippen molar-refractivity contribution in [3.8, 4) is 0 Å². The molecule has 0 aromatic heterocycles. The molecule has 0 spiro atoms. The van der Waals surface area contributed by atoms with Gasteiger partial charge in [-0.25, -0.2) is 17.9 Å². The molecule has 28 heavy (non-hydrogen) atoms. The maximum atomic E-state index is 12.3. The number of nitrogens with one attached hydrogen (secondary N) is 1. The molecule has 0 aliphatic carbocycles. The van der Waals surface area contributed by atoms with Crippen molar-refractivity contribution >= 4 is 27.8 Å². The fraction of sp³-hybridized carbons (Fsp3) is 0.211. The number of amides is 2. The van der Waals surface area contributed by atoms with Crippen molar-refractivity contribution in [2.45, 2.75) is 25.2 Å². The largest absolute Gasteiger partial charge is 0.334 e. The minimum atomic E-state index is -3.79. The summed E-state index contributed by atoms with van der Waals surface area (Å²) in [5, 5.41) is 0.394. The van der Waals surface area contributed by atoms with Gasteiger partial charge in [-0.05, 0) is 49.2 Å². The molecule has 0 radical (unpaired) electrons. The van der Waals surface area contributed by atoms with E-state index in [1.54, 1.807) is 25.1 Å². The fourth-order valence-electron chi connectivity index (χ4n) is 2.65. The average molecular weight is 402 g/mol. The van der Waals surface area contributed by atoms with E-state index < -0.39 is 27.8 Å². The van der Waals surface area contributed by atoms with Gasteiger partial charge in [0.15, 0.2) is 0 Å². The molecular formula is C19H18N2O6S. The van der Waals surface area contributed by atoms with Crippen LogP contribution in [0.25, 0.3) is 0 Å². The van der Waals surface area contributed by atoms with Gasteiger partial charge in [0, 0.05) is 6.54 Å². The fourth-order valence-corrected chi connectivity index (χ4v) is 3.77. The molecule has 2 amide bonds. The van der Waals surface area contributed by atoms with Crippen molar-refractivity contribution in [3.05, 3.63) is 64.7 Å². The van der Waals surface area contributed by atoms with E-state index in [-0.39, 0.29) is 29.0 Å². The molecule has 2 aromatic carbocycles. The minimum Gasteiger partial charge on any atom is -0.330 e. The second-order valence-electron chi connectivity index (χ2n) is 6.31. The Hall–Kier alpha value is -3.04. The monoisotopic (exact) mass is 402 g/mol. The van der Waals surface area contributed by atoms with E-state index in [0.29, 0.717) is 5.06 Å². The van der Waals surface area contributed by atoms with Crippen LogP contribution in [0.4, 0.5) is 0 Å². The Bertz CT molecular complexity index is 1040. The van der Waals surface area contributed by atoms with E-state index in [0.717, 1.165) is 11.1 Å². The molecular weight excluding hydrogens is 384 g/mol. The Morgan fingerprint density at radius 3 is 2.18 bits per heavy atom. The minimum absolute atomic E-state index is 0.0873. The third-order valence-electron chi connectivity index (χ3n) is 4.36. The first kappa shape index (κ1) is 19.7. The van der Waals surface area contributed by atoms with Crippen LogP contribution in [0, 0.1) is 13.8 Å². The first-order chi connectivity index (χ1) is 13.2. The van der Waals surface area contributed by atoms with Gasteiger partial charge in [0.05, 0.1) is 22.4 Å². The highest BCUT2D eigenvalue weighted by Crippen LogP contribution is 2.22. The van der Waals surface area contributed by atoms with Gasteiger partial charge in [-0.1, -0.05) is 23.3 Å². The summed E-state index contributed by atoms with van der Waals surface area (Å²) in [7, 11) is -3.79. The summed E-state index contributed by atoms with van der Waals surface area (Å²) in [5.74, 6) is -2.37. The zero-order valence-corrected chi connectivity index (χ0v) is 16.1. The number of aryl methyl sites for hydroxylation is 2. The van der Waals surface area contributed by atoms with E-state index in [4.69, 9.17) is 4.84 Å². The molecule has 0 saturated heterocycles. The number of imide groups is 1. The van der Waals surface area contributed by atoms with E-state index in [1.165, 1.54) is 24.3 Å². The maximum absolute atomic E-state index is 12.3. The molecule has 0 fully saturated rings. The van der Waals surface area contributed by atoms with Gasteiger partial charge in [0.2, 0.25) is 10.0 Å². The first-order valence-corrected chi connectivity index (χ1v) is 9.94. The highest BCUT2D eigenvalue weighted by atomic mass is 32.2. The molecule has 1 N–H and O–H groups in total. The van der Waals surface area contributed by atoms with Gasteiger partial charge in [-0.15, -0.1) is 0 Å². The van der Waals surface area contributed by atoms with Crippen molar-refractivity contribution in [2.75, 3.05) is 6.54 Å². The lowest BCUT2D eigenvalue weighted by Crippen LogP contribution is -2.34. The van der Waals surface area contributed by atoms with Crippen LogP contribution >= 0.6 is 0 Å². The zero-order valence-electron chi connectivity index (χ0n) is 15.3. The summed E-state index contributed by atoms with van der Waals surface area (Å²) in [6, 6.07) is 10.8. The van der Waals surface area contributed by atoms with Crippen LogP contribution in [0.3, 0.4) is 0 Å². The summed E-state index contributed by atoms with van der Waals surface area (Å²) in [6.45, 7) is 3.43. The molecule has 146 valence electrons. The smallest absolute Gasteiger partial charge is 0.330 e. The van der Waals surface area contributed by atoms with Crippen molar-refractivity contribution in [1.29, 1.82) is 0 Å². The lowest BCUT2D eigenvalue weighted by atomic mass is 10.1. The second-order valence-corrected chi connectivity index (χ2v) is 8.07. The van der Waals surface area contributed by atoms with E-state index in [1.807, 2.05) is 6.92 Å². The Morgan fingerprint density at radius 2 is 1.61 bits per heavy atom. The molecule has 0 saturated carbocycles. The Balaban J connectivity index is 1.57. The second kappa shape index (κ2) is 7.53. The molecule has 1 aliphatic heterocycles. The Morgan fingerprint density at radius 1 is 1.00 bits per heavy atom. The topological polar surface area (TPSA) is 110 Å². The van der Waals surface area contributed by atoms with E-state index in [2.05, 4.69) is 4.72 Å². The average Bonchev–Trinajstić information content (AvgIpc) is 2.89. The number of sulfonamides is 1. The van der Waals surface area contributed by atoms with Crippen LogP contribution in [-0.4, -0.2) is 37.8 Å². The summed E-state index contributed by atoms with van der Waals surface area (Å²) in [6.07, 6.45) is -0.350. The SMILES string of the molecule is Cc1ccc(S(=O)(=O)NCCC(=O)ON2C(=O)c3ccccc3C2=O)cc1C. The third-order valence-corrected chi connectivity index (χ3v) is 5.82. The van der Waals surface area contributed by atoms with Crippen LogP contribution in [-0.2, 0) is 19.7 Å². The van der Waals surface area contributed by atoms with Crippen molar-refractivity contribution in [2.24, 2.45) is 0 Å². The van der Waals surface area contributed by atoms with Gasteiger partial charge in [0.25, 0.3) is 11.8 Å². The lowest BCUT2D eigenvalue weighted by Gasteiger charge is -2.13. The number of rotatable bonds is 6. The Kier molecular flexibility index (Phi) is 5.30. The number of hydrogen-bond acceptors (Lipinski definition) is 6. The molecule has 2 aromatic rings. The molecule has 9 heteroatoms. The van der Waals surface area contributed by atoms with Gasteiger partial charge >= 0.3 is 5.97 Å². The number of nitrogens with zero attached hydrogens (tertiary/aromatic N) is 1. The van der Waals surface area contributed by atoms with Gasteiger partial charge < -0.3 is 4.84 Å². The zero-order chi connectivity index (χ0) is 20.5. The van der Waals surface area contributed by atoms with Gasteiger partial charge in [0.1, 0.15) is 0 Å². The molecule has 0 atom stereocenters. The highest BCUT2D eigenvalue weighted by molar-refractivity contribution is 7.89. The van der Waals surface area contributed by atoms with Gasteiger partial charge in [-0.2, -0.15) is 0 Å². The van der Waals surface area contributed by atoms with Crippen LogP contribution in [0.5, 0.6) is 0 Å². The first-order valence-electron chi connectivity index (χ1n) is 8.46. The maximum Gasteiger partial charge on any atom is 0.334 e. The summed E-state index contributed by atoms with van der Waals surface area (Å²) in [5.41, 5.74) is 2.09. The molecule has 0 unspecified atom stereocenters. The van der Waals surface area contributed by atoms with Crippen molar-refractivity contribution in [1.82, 2.24) is 9.79 Å². The molecule has 1 aliphatic rings. The molecule has 1 heterocycles. The van der Waals surface area contributed by atoms with E-state index in [9.17, 15) is 22.8 Å². The predicted octanol–water partition coefficient (Wildman–Crippen LogP) is 1.73. The predicted molar refractivity (Wildman–Crippen MR) is 98.8 cm³/mol. The summed E-state index contributed by atoms with van der Waals surface area (Å²) < 4.78 is 26.9. The van der Waals surface area contributed by atoms with Gasteiger partial charge in [-0.3, -0.25) is 9.59 Å². The lowest BCUT2D eigenvalue weighted by molar-refractivity contribution is -0.168. The Labute approximate surface area is 162 Å².